The van der Waals surface area contributed by atoms with E-state index in [2.05, 4.69) is 39.8 Å². The Balaban J connectivity index is 2.06. The van der Waals surface area contributed by atoms with Gasteiger partial charge in [-0.3, -0.25) is 0 Å². The van der Waals surface area contributed by atoms with Crippen LogP contribution < -0.4 is 9.47 Å². The van der Waals surface area contributed by atoms with Gasteiger partial charge in [-0.25, -0.2) is 4.79 Å². The van der Waals surface area contributed by atoms with Crippen LogP contribution in [0.15, 0.2) is 36.4 Å². The van der Waals surface area contributed by atoms with Gasteiger partial charge in [-0.15, -0.1) is 0 Å². The number of rotatable bonds is 12. The highest BCUT2D eigenvalue weighted by molar-refractivity contribution is 5.86. The number of hydrogen-bond acceptors (Lipinski definition) is 4. The third kappa shape index (κ3) is 6.70. The maximum Gasteiger partial charge on any atom is 0.328 e. The Morgan fingerprint density at radius 1 is 0.889 bits per heavy atom. The number of ether oxygens (including phenoxy) is 2. The number of carboxylic acid groups (broad SMARTS) is 1. The van der Waals surface area contributed by atoms with Crippen LogP contribution >= 0.6 is 0 Å². The highest BCUT2D eigenvalue weighted by atomic mass is 16.5. The van der Waals surface area contributed by atoms with Gasteiger partial charge in [-0.2, -0.15) is 0 Å². The van der Waals surface area contributed by atoms with Crippen molar-refractivity contribution in [3.63, 3.8) is 0 Å². The summed E-state index contributed by atoms with van der Waals surface area (Å²) in [6.07, 6.45) is 9.99. The number of fused-ring (bicyclic) bond motifs is 1. The van der Waals surface area contributed by atoms with E-state index < -0.39 is 5.97 Å². The number of benzene rings is 2. The standard InChI is InChI=1S/C31H42O5/c1-30(2)15-16-31(3,4)26-21-28(36-18-10-8-6-7-9-17-32)24(20-25(26)30)23-19-22(12-14-29(33)34)11-13-27(23)35-5/h11-14,19-21,32H,6-10,15-18H2,1-5H3,(H,33,34)/b14-12+. The molecular formula is C31H42O5. The molecule has 0 bridgehead atoms. The number of hydrogen-bond donors (Lipinski definition) is 2. The van der Waals surface area contributed by atoms with Crippen molar-refractivity contribution < 1.29 is 24.5 Å². The fraction of sp³-hybridized carbons (Fsp3) is 0.516. The molecule has 196 valence electrons. The van der Waals surface area contributed by atoms with Gasteiger partial charge in [0.1, 0.15) is 11.5 Å². The van der Waals surface area contributed by atoms with Gasteiger partial charge < -0.3 is 19.7 Å². The van der Waals surface area contributed by atoms with Crippen LogP contribution in [0.2, 0.25) is 0 Å². The van der Waals surface area contributed by atoms with Crippen molar-refractivity contribution in [3.8, 4) is 22.6 Å². The predicted octanol–water partition coefficient (Wildman–Crippen LogP) is 7.13. The number of carboxylic acids is 1. The Labute approximate surface area is 216 Å². The largest absolute Gasteiger partial charge is 0.496 e. The molecule has 0 saturated heterocycles. The van der Waals surface area contributed by atoms with Crippen LogP contribution in [0.1, 0.15) is 89.3 Å². The average molecular weight is 495 g/mol. The molecule has 3 rings (SSSR count). The first-order valence-electron chi connectivity index (χ1n) is 13.1. The van der Waals surface area contributed by atoms with E-state index in [0.717, 1.165) is 79.2 Å². The minimum Gasteiger partial charge on any atom is -0.496 e. The number of aliphatic hydroxyl groups excluding tert-OH is 1. The molecule has 0 radical (unpaired) electrons. The summed E-state index contributed by atoms with van der Waals surface area (Å²) in [7, 11) is 1.66. The van der Waals surface area contributed by atoms with Crippen LogP contribution in [0.25, 0.3) is 17.2 Å². The summed E-state index contributed by atoms with van der Waals surface area (Å²) >= 11 is 0. The topological polar surface area (TPSA) is 76.0 Å². The van der Waals surface area contributed by atoms with Gasteiger partial charge in [0.2, 0.25) is 0 Å². The molecule has 2 N–H and O–H groups in total. The van der Waals surface area contributed by atoms with Crippen molar-refractivity contribution in [2.24, 2.45) is 0 Å². The Hall–Kier alpha value is -2.79. The Bertz CT molecular complexity index is 1080. The van der Waals surface area contributed by atoms with E-state index in [1.165, 1.54) is 11.1 Å². The van der Waals surface area contributed by atoms with E-state index >= 15 is 0 Å². The third-order valence-electron chi connectivity index (χ3n) is 7.45. The van der Waals surface area contributed by atoms with Gasteiger partial charge in [-0.1, -0.05) is 53.0 Å². The van der Waals surface area contributed by atoms with Crippen LogP contribution in [0.5, 0.6) is 11.5 Å². The molecule has 0 atom stereocenters. The number of aliphatic hydroxyl groups is 1. The van der Waals surface area contributed by atoms with Crippen molar-refractivity contribution in [3.05, 3.63) is 53.1 Å². The number of unbranched alkanes of at least 4 members (excludes halogenated alkanes) is 4. The molecule has 2 aromatic carbocycles. The predicted molar refractivity (Wildman–Crippen MR) is 146 cm³/mol. The molecule has 1 aliphatic carbocycles. The summed E-state index contributed by atoms with van der Waals surface area (Å²) in [4.78, 5) is 11.1. The molecule has 0 unspecified atom stereocenters. The smallest absolute Gasteiger partial charge is 0.328 e. The Morgan fingerprint density at radius 3 is 2.14 bits per heavy atom. The van der Waals surface area contributed by atoms with E-state index in [1.54, 1.807) is 13.2 Å². The van der Waals surface area contributed by atoms with Crippen molar-refractivity contribution in [2.45, 2.75) is 83.5 Å². The van der Waals surface area contributed by atoms with E-state index in [0.29, 0.717) is 6.61 Å². The van der Waals surface area contributed by atoms with E-state index in [-0.39, 0.29) is 17.4 Å². The lowest BCUT2D eigenvalue weighted by molar-refractivity contribution is -0.131. The van der Waals surface area contributed by atoms with Gasteiger partial charge in [0.25, 0.3) is 0 Å². The second-order valence-corrected chi connectivity index (χ2v) is 11.1. The van der Waals surface area contributed by atoms with Crippen LogP contribution in [0.3, 0.4) is 0 Å². The van der Waals surface area contributed by atoms with Crippen molar-refractivity contribution in [1.29, 1.82) is 0 Å². The summed E-state index contributed by atoms with van der Waals surface area (Å²) in [5, 5.41) is 18.1. The lowest BCUT2D eigenvalue weighted by Gasteiger charge is -2.42. The average Bonchev–Trinajstić information content (AvgIpc) is 2.84. The number of methoxy groups -OCH3 is 1. The molecule has 36 heavy (non-hydrogen) atoms. The molecule has 5 heteroatoms. The normalized spacial score (nSPS) is 16.1. The Kier molecular flexibility index (Phi) is 9.24. The summed E-state index contributed by atoms with van der Waals surface area (Å²) < 4.78 is 12.2. The highest BCUT2D eigenvalue weighted by Gasteiger charge is 2.38. The van der Waals surface area contributed by atoms with Crippen molar-refractivity contribution in [2.75, 3.05) is 20.3 Å². The number of carbonyl (C=O) groups is 1. The molecule has 0 fully saturated rings. The van der Waals surface area contributed by atoms with E-state index in [1.807, 2.05) is 18.2 Å². The molecule has 0 heterocycles. The van der Waals surface area contributed by atoms with Crippen LogP contribution in [-0.2, 0) is 15.6 Å². The second-order valence-electron chi connectivity index (χ2n) is 11.1. The molecule has 2 aromatic rings. The van der Waals surface area contributed by atoms with Crippen LogP contribution in [-0.4, -0.2) is 36.5 Å². The second kappa shape index (κ2) is 12.0. The van der Waals surface area contributed by atoms with Crippen molar-refractivity contribution in [1.82, 2.24) is 0 Å². The maximum absolute atomic E-state index is 11.1. The van der Waals surface area contributed by atoms with Crippen molar-refractivity contribution >= 4 is 12.0 Å². The lowest BCUT2D eigenvalue weighted by atomic mass is 9.62. The molecule has 0 aliphatic heterocycles. The summed E-state index contributed by atoms with van der Waals surface area (Å²) in [6, 6.07) is 10.2. The fourth-order valence-corrected chi connectivity index (χ4v) is 5.06. The molecule has 0 spiro atoms. The molecule has 1 aliphatic rings. The number of aliphatic carboxylic acids is 1. The quantitative estimate of drug-likeness (QED) is 0.242. The van der Waals surface area contributed by atoms with E-state index in [9.17, 15) is 4.79 Å². The van der Waals surface area contributed by atoms with Crippen LogP contribution in [0, 0.1) is 0 Å². The first-order chi connectivity index (χ1) is 17.1. The SMILES string of the molecule is COc1ccc(/C=C/C(=O)O)cc1-c1cc2c(cc1OCCCCCCCO)C(C)(C)CCC2(C)C. The summed E-state index contributed by atoms with van der Waals surface area (Å²) in [5.74, 6) is 0.588. The molecule has 5 nitrogen and oxygen atoms in total. The van der Waals surface area contributed by atoms with E-state index in [4.69, 9.17) is 19.7 Å². The van der Waals surface area contributed by atoms with Crippen LogP contribution in [0.4, 0.5) is 0 Å². The first-order valence-corrected chi connectivity index (χ1v) is 13.1. The fourth-order valence-electron chi connectivity index (χ4n) is 5.06. The van der Waals surface area contributed by atoms with Gasteiger partial charge in [-0.05, 0) is 83.5 Å². The highest BCUT2D eigenvalue weighted by Crippen LogP contribution is 2.50. The Morgan fingerprint density at radius 2 is 1.50 bits per heavy atom. The molecule has 0 aromatic heterocycles. The van der Waals surface area contributed by atoms with Gasteiger partial charge >= 0.3 is 5.97 Å². The first kappa shape index (κ1) is 27.8. The van der Waals surface area contributed by atoms with Gasteiger partial charge in [0, 0.05) is 23.8 Å². The molecule has 0 saturated carbocycles. The zero-order valence-electron chi connectivity index (χ0n) is 22.5. The molecular weight excluding hydrogens is 452 g/mol. The lowest BCUT2D eigenvalue weighted by Crippen LogP contribution is -2.34. The molecule has 0 amide bonds. The minimum absolute atomic E-state index is 0.0406. The van der Waals surface area contributed by atoms with Gasteiger partial charge in [0.05, 0.1) is 13.7 Å². The zero-order valence-corrected chi connectivity index (χ0v) is 22.5. The van der Waals surface area contributed by atoms with Gasteiger partial charge in [0.15, 0.2) is 0 Å². The summed E-state index contributed by atoms with van der Waals surface area (Å²) in [5.41, 5.74) is 5.42. The zero-order chi connectivity index (χ0) is 26.3. The minimum atomic E-state index is -0.979. The third-order valence-corrected chi connectivity index (χ3v) is 7.45. The summed E-state index contributed by atoms with van der Waals surface area (Å²) in [6.45, 7) is 10.1. The monoisotopic (exact) mass is 494 g/mol. The maximum atomic E-state index is 11.1.